The average molecular weight is 240 g/mol. The maximum atomic E-state index is 5.38. The van der Waals surface area contributed by atoms with E-state index in [0.717, 1.165) is 38.9 Å². The highest BCUT2D eigenvalue weighted by molar-refractivity contribution is 4.82. The summed E-state index contributed by atoms with van der Waals surface area (Å²) in [5.74, 6) is 2.66. The summed E-state index contributed by atoms with van der Waals surface area (Å²) < 4.78 is 10.8. The summed E-state index contributed by atoms with van der Waals surface area (Å²) in [4.78, 5) is 0. The smallest absolute Gasteiger partial charge is 0.146 e. The molecule has 0 N–H and O–H groups in total. The SMILES string of the molecule is C#CCCCCCCOCOCCCCCC. The maximum Gasteiger partial charge on any atom is 0.146 e. The summed E-state index contributed by atoms with van der Waals surface area (Å²) in [7, 11) is 0. The van der Waals surface area contributed by atoms with Crippen molar-refractivity contribution in [3.05, 3.63) is 0 Å². The number of rotatable bonds is 13. The molecule has 2 heteroatoms. The van der Waals surface area contributed by atoms with Crippen molar-refractivity contribution < 1.29 is 9.47 Å². The lowest BCUT2D eigenvalue weighted by molar-refractivity contribution is -0.0555. The van der Waals surface area contributed by atoms with Gasteiger partial charge in [0.2, 0.25) is 0 Å². The molecular weight excluding hydrogens is 212 g/mol. The molecule has 0 aromatic carbocycles. The van der Waals surface area contributed by atoms with Gasteiger partial charge in [-0.25, -0.2) is 0 Å². The number of hydrogen-bond donors (Lipinski definition) is 0. The number of terminal acetylenes is 1. The standard InChI is InChI=1S/C15H28O2/c1-3-5-7-9-10-12-14-17-15-16-13-11-8-6-4-2/h1H,4-15H2,2H3. The lowest BCUT2D eigenvalue weighted by Crippen LogP contribution is -2.03. The molecule has 0 aliphatic rings. The Morgan fingerprint density at radius 3 is 2.00 bits per heavy atom. The molecule has 0 saturated heterocycles. The first kappa shape index (κ1) is 16.5. The molecule has 0 heterocycles. The van der Waals surface area contributed by atoms with E-state index in [0.29, 0.717) is 6.79 Å². The predicted octanol–water partition coefficient (Wildman–Crippen LogP) is 4.14. The van der Waals surface area contributed by atoms with Crippen molar-refractivity contribution in [1.29, 1.82) is 0 Å². The normalized spacial score (nSPS) is 10.4. The van der Waals surface area contributed by atoms with Crippen molar-refractivity contribution in [1.82, 2.24) is 0 Å². The summed E-state index contributed by atoms with van der Waals surface area (Å²) >= 11 is 0. The van der Waals surface area contributed by atoms with Gasteiger partial charge < -0.3 is 9.47 Å². The summed E-state index contributed by atoms with van der Waals surface area (Å²) in [5.41, 5.74) is 0. The first-order valence-corrected chi connectivity index (χ1v) is 7.00. The molecule has 0 radical (unpaired) electrons. The Hall–Kier alpha value is -0.520. The van der Waals surface area contributed by atoms with Crippen LogP contribution in [0.4, 0.5) is 0 Å². The zero-order valence-electron chi connectivity index (χ0n) is 11.4. The largest absolute Gasteiger partial charge is 0.355 e. The summed E-state index contributed by atoms with van der Waals surface area (Å²) in [5, 5.41) is 0. The highest BCUT2D eigenvalue weighted by Gasteiger charge is 1.92. The van der Waals surface area contributed by atoms with Crippen molar-refractivity contribution in [2.24, 2.45) is 0 Å². The van der Waals surface area contributed by atoms with Crippen LogP contribution in [0.5, 0.6) is 0 Å². The van der Waals surface area contributed by atoms with Gasteiger partial charge in [-0.1, -0.05) is 39.0 Å². The van der Waals surface area contributed by atoms with E-state index in [1.807, 2.05) is 0 Å². The van der Waals surface area contributed by atoms with Crippen LogP contribution in [0.25, 0.3) is 0 Å². The van der Waals surface area contributed by atoms with Gasteiger partial charge in [0.05, 0.1) is 0 Å². The minimum absolute atomic E-state index is 0.455. The van der Waals surface area contributed by atoms with Gasteiger partial charge in [-0.2, -0.15) is 0 Å². The van der Waals surface area contributed by atoms with Crippen molar-refractivity contribution >= 4 is 0 Å². The average Bonchev–Trinajstić information content (AvgIpc) is 2.35. The van der Waals surface area contributed by atoms with Crippen LogP contribution in [0.3, 0.4) is 0 Å². The molecule has 0 aromatic rings. The second kappa shape index (κ2) is 15.5. The fourth-order valence-electron chi connectivity index (χ4n) is 1.59. The van der Waals surface area contributed by atoms with Crippen LogP contribution in [-0.4, -0.2) is 20.0 Å². The van der Waals surface area contributed by atoms with Gasteiger partial charge in [-0.3, -0.25) is 0 Å². The fraction of sp³-hybridized carbons (Fsp3) is 0.867. The molecule has 0 bridgehead atoms. The van der Waals surface area contributed by atoms with Crippen LogP contribution in [-0.2, 0) is 9.47 Å². The molecular formula is C15H28O2. The molecule has 0 atom stereocenters. The van der Waals surface area contributed by atoms with E-state index < -0.39 is 0 Å². The third-order valence-electron chi connectivity index (χ3n) is 2.67. The summed E-state index contributed by atoms with van der Waals surface area (Å²) in [6.45, 7) is 4.32. The molecule has 0 aliphatic carbocycles. The predicted molar refractivity (Wildman–Crippen MR) is 72.8 cm³/mol. The Morgan fingerprint density at radius 2 is 1.41 bits per heavy atom. The van der Waals surface area contributed by atoms with Gasteiger partial charge >= 0.3 is 0 Å². The summed E-state index contributed by atoms with van der Waals surface area (Å²) in [6, 6.07) is 0. The van der Waals surface area contributed by atoms with E-state index in [4.69, 9.17) is 15.9 Å². The van der Waals surface area contributed by atoms with Gasteiger partial charge in [0.25, 0.3) is 0 Å². The zero-order chi connectivity index (χ0) is 12.6. The topological polar surface area (TPSA) is 18.5 Å². The third-order valence-corrected chi connectivity index (χ3v) is 2.67. The van der Waals surface area contributed by atoms with E-state index in [2.05, 4.69) is 12.8 Å². The molecule has 0 spiro atoms. The van der Waals surface area contributed by atoms with Crippen molar-refractivity contribution in [2.45, 2.75) is 64.7 Å². The Bertz CT molecular complexity index is 172. The zero-order valence-corrected chi connectivity index (χ0v) is 11.4. The van der Waals surface area contributed by atoms with E-state index >= 15 is 0 Å². The van der Waals surface area contributed by atoms with Crippen molar-refractivity contribution in [2.75, 3.05) is 20.0 Å². The van der Waals surface area contributed by atoms with Crippen LogP contribution < -0.4 is 0 Å². The maximum absolute atomic E-state index is 5.38. The molecule has 0 saturated carbocycles. The lowest BCUT2D eigenvalue weighted by Gasteiger charge is -2.05. The van der Waals surface area contributed by atoms with Crippen molar-refractivity contribution in [3.8, 4) is 12.3 Å². The monoisotopic (exact) mass is 240 g/mol. The van der Waals surface area contributed by atoms with E-state index in [1.54, 1.807) is 0 Å². The highest BCUT2D eigenvalue weighted by atomic mass is 16.7. The second-order valence-corrected chi connectivity index (χ2v) is 4.36. The number of ether oxygens (including phenoxy) is 2. The molecule has 0 unspecified atom stereocenters. The quantitative estimate of drug-likeness (QED) is 0.274. The minimum Gasteiger partial charge on any atom is -0.355 e. The molecule has 0 aromatic heterocycles. The Morgan fingerprint density at radius 1 is 0.824 bits per heavy atom. The minimum atomic E-state index is 0.455. The van der Waals surface area contributed by atoms with Gasteiger partial charge in [0.15, 0.2) is 0 Å². The summed E-state index contributed by atoms with van der Waals surface area (Å²) in [6.07, 6.45) is 15.8. The first-order chi connectivity index (χ1) is 8.41. The molecule has 2 nitrogen and oxygen atoms in total. The Balaban J connectivity index is 2.87. The molecule has 0 amide bonds. The van der Waals surface area contributed by atoms with Gasteiger partial charge in [0.1, 0.15) is 6.79 Å². The van der Waals surface area contributed by atoms with Crippen LogP contribution in [0.15, 0.2) is 0 Å². The third kappa shape index (κ3) is 15.5. The van der Waals surface area contributed by atoms with Crippen LogP contribution in [0.1, 0.15) is 64.7 Å². The Kier molecular flexibility index (Phi) is 15.0. The highest BCUT2D eigenvalue weighted by Crippen LogP contribution is 2.02. The van der Waals surface area contributed by atoms with E-state index in [9.17, 15) is 0 Å². The number of hydrogen-bond acceptors (Lipinski definition) is 2. The van der Waals surface area contributed by atoms with E-state index in [1.165, 1.54) is 32.1 Å². The van der Waals surface area contributed by atoms with Gasteiger partial charge in [-0.15, -0.1) is 12.3 Å². The van der Waals surface area contributed by atoms with Crippen molar-refractivity contribution in [3.63, 3.8) is 0 Å². The fourth-order valence-corrected chi connectivity index (χ4v) is 1.59. The number of unbranched alkanes of at least 4 members (excludes halogenated alkanes) is 7. The van der Waals surface area contributed by atoms with Gasteiger partial charge in [-0.05, 0) is 19.3 Å². The van der Waals surface area contributed by atoms with Crippen LogP contribution in [0, 0.1) is 12.3 Å². The van der Waals surface area contributed by atoms with E-state index in [-0.39, 0.29) is 0 Å². The molecule has 0 rings (SSSR count). The molecule has 17 heavy (non-hydrogen) atoms. The lowest BCUT2D eigenvalue weighted by atomic mass is 10.1. The van der Waals surface area contributed by atoms with Crippen LogP contribution in [0.2, 0.25) is 0 Å². The molecule has 100 valence electrons. The molecule has 0 aliphatic heterocycles. The van der Waals surface area contributed by atoms with Crippen LogP contribution >= 0.6 is 0 Å². The Labute approximate surface area is 107 Å². The molecule has 0 fully saturated rings. The van der Waals surface area contributed by atoms with Gasteiger partial charge in [0, 0.05) is 19.6 Å². The first-order valence-electron chi connectivity index (χ1n) is 7.00. The second-order valence-electron chi connectivity index (χ2n) is 4.36.